The van der Waals surface area contributed by atoms with E-state index in [0.717, 1.165) is 12.8 Å². The maximum Gasteiger partial charge on any atom is 0.303 e. The maximum absolute atomic E-state index is 10.7. The number of hydrogen-bond acceptors (Lipinski definition) is 2. The Morgan fingerprint density at radius 3 is 2.64 bits per heavy atom. The van der Waals surface area contributed by atoms with Gasteiger partial charge in [0, 0.05) is 12.5 Å². The van der Waals surface area contributed by atoms with E-state index >= 15 is 0 Å². The van der Waals surface area contributed by atoms with Gasteiger partial charge in [-0.3, -0.25) is 4.79 Å². The first-order valence-corrected chi connectivity index (χ1v) is 13.0. The number of fused-ring (bicyclic) bond motifs is 1. The summed E-state index contributed by atoms with van der Waals surface area (Å²) < 4.78 is 6.86. The van der Waals surface area contributed by atoms with Crippen LogP contribution in [0.15, 0.2) is 11.6 Å². The Bertz CT molecular complexity index is 518. The van der Waals surface area contributed by atoms with E-state index < -0.39 is 14.3 Å². The summed E-state index contributed by atoms with van der Waals surface area (Å²) in [6, 6.07) is 0. The molecule has 3 nitrogen and oxygen atoms in total. The molecule has 25 heavy (non-hydrogen) atoms. The molecule has 0 aromatic carbocycles. The molecule has 0 aromatic rings. The molecule has 3 atom stereocenters. The molecule has 2 fully saturated rings. The minimum atomic E-state index is -1.74. The molecular formula is C21H38O3Si. The first-order chi connectivity index (χ1) is 11.5. The Kier molecular flexibility index (Phi) is 6.25. The second-order valence-corrected chi connectivity index (χ2v) is 14.6. The van der Waals surface area contributed by atoms with Crippen LogP contribution in [0.2, 0.25) is 18.1 Å². The molecule has 0 spiro atoms. The van der Waals surface area contributed by atoms with Gasteiger partial charge in [0.25, 0.3) is 0 Å². The van der Waals surface area contributed by atoms with Crippen LogP contribution in [0.1, 0.15) is 79.1 Å². The Morgan fingerprint density at radius 2 is 2.04 bits per heavy atom. The minimum absolute atomic E-state index is 0.259. The highest BCUT2D eigenvalue weighted by atomic mass is 28.4. The van der Waals surface area contributed by atoms with Gasteiger partial charge in [-0.05, 0) is 68.0 Å². The lowest BCUT2D eigenvalue weighted by atomic mass is 9.66. The van der Waals surface area contributed by atoms with E-state index in [2.05, 4.69) is 46.9 Å². The summed E-state index contributed by atoms with van der Waals surface area (Å²) in [6.45, 7) is 14.2. The molecule has 0 bridgehead atoms. The summed E-state index contributed by atoms with van der Waals surface area (Å²) in [5.74, 6) is -0.0458. The monoisotopic (exact) mass is 366 g/mol. The fourth-order valence-corrected chi connectivity index (χ4v) is 5.92. The minimum Gasteiger partial charge on any atom is -0.481 e. The van der Waals surface area contributed by atoms with E-state index in [1.54, 1.807) is 5.57 Å². The fourth-order valence-electron chi connectivity index (χ4n) is 4.53. The molecule has 1 N–H and O–H groups in total. The summed E-state index contributed by atoms with van der Waals surface area (Å²) in [7, 11) is -1.74. The molecule has 2 saturated carbocycles. The lowest BCUT2D eigenvalue weighted by Gasteiger charge is -2.47. The normalized spacial score (nSPS) is 32.0. The zero-order valence-corrected chi connectivity index (χ0v) is 18.2. The van der Waals surface area contributed by atoms with Gasteiger partial charge in [0.1, 0.15) is 0 Å². The molecule has 0 aromatic heterocycles. The van der Waals surface area contributed by atoms with Crippen molar-refractivity contribution in [3.63, 3.8) is 0 Å². The number of hydrogen-bond donors (Lipinski definition) is 1. The number of rotatable bonds is 6. The van der Waals surface area contributed by atoms with E-state index in [0.29, 0.717) is 12.0 Å². The summed E-state index contributed by atoms with van der Waals surface area (Å²) in [5.41, 5.74) is 1.85. The van der Waals surface area contributed by atoms with Gasteiger partial charge in [0.05, 0.1) is 0 Å². The van der Waals surface area contributed by atoms with Crippen molar-refractivity contribution in [2.45, 2.75) is 103 Å². The molecule has 0 aliphatic heterocycles. The lowest BCUT2D eigenvalue weighted by molar-refractivity contribution is -0.137. The Balaban J connectivity index is 2.07. The van der Waals surface area contributed by atoms with Gasteiger partial charge in [-0.2, -0.15) is 0 Å². The van der Waals surface area contributed by atoms with Crippen molar-refractivity contribution in [3.05, 3.63) is 11.6 Å². The summed E-state index contributed by atoms with van der Waals surface area (Å²) in [6.07, 6.45) is 10.8. The predicted molar refractivity (Wildman–Crippen MR) is 106 cm³/mol. The average Bonchev–Trinajstić information content (AvgIpc) is 2.79. The number of allylic oxidation sites excluding steroid dienone is 2. The van der Waals surface area contributed by atoms with Crippen LogP contribution in [0.4, 0.5) is 0 Å². The van der Waals surface area contributed by atoms with Gasteiger partial charge in [0.2, 0.25) is 0 Å². The SMILES string of the molecule is CC(C)(C)[Si](C)(C)O[C@H]1CCC[C@]2(C)/C(=C\CCCC(=O)O)CC[C@@H]12. The summed E-state index contributed by atoms with van der Waals surface area (Å²) in [5, 5.41) is 9.08. The van der Waals surface area contributed by atoms with E-state index in [-0.39, 0.29) is 16.9 Å². The first-order valence-electron chi connectivity index (χ1n) is 10.1. The van der Waals surface area contributed by atoms with Crippen LogP contribution in [0.3, 0.4) is 0 Å². The van der Waals surface area contributed by atoms with Gasteiger partial charge < -0.3 is 9.53 Å². The predicted octanol–water partition coefficient (Wildman–Crippen LogP) is 6.16. The molecule has 0 heterocycles. The van der Waals surface area contributed by atoms with Gasteiger partial charge in [-0.15, -0.1) is 0 Å². The number of carboxylic acids is 1. The number of aliphatic carboxylic acids is 1. The van der Waals surface area contributed by atoms with Crippen LogP contribution in [0, 0.1) is 11.3 Å². The van der Waals surface area contributed by atoms with Gasteiger partial charge >= 0.3 is 5.97 Å². The van der Waals surface area contributed by atoms with Crippen LogP contribution in [0.25, 0.3) is 0 Å². The van der Waals surface area contributed by atoms with E-state index in [1.807, 2.05) is 0 Å². The number of carboxylic acid groups (broad SMARTS) is 1. The topological polar surface area (TPSA) is 46.5 Å². The van der Waals surface area contributed by atoms with Gasteiger partial charge in [0.15, 0.2) is 8.32 Å². The fraction of sp³-hybridized carbons (Fsp3) is 0.857. The van der Waals surface area contributed by atoms with E-state index in [1.165, 1.54) is 32.1 Å². The second kappa shape index (κ2) is 7.56. The zero-order chi connectivity index (χ0) is 18.9. The summed E-state index contributed by atoms with van der Waals surface area (Å²) >= 11 is 0. The Labute approximate surface area is 155 Å². The third-order valence-corrected chi connectivity index (χ3v) is 11.7. The van der Waals surface area contributed by atoms with Crippen molar-refractivity contribution < 1.29 is 14.3 Å². The summed E-state index contributed by atoms with van der Waals surface area (Å²) in [4.78, 5) is 10.7. The molecular weight excluding hydrogens is 328 g/mol. The third kappa shape index (κ3) is 4.57. The number of carbonyl (C=O) groups is 1. The molecule has 2 aliphatic rings. The molecule has 0 saturated heterocycles. The van der Waals surface area contributed by atoms with Crippen LogP contribution >= 0.6 is 0 Å². The molecule has 2 aliphatic carbocycles. The van der Waals surface area contributed by atoms with Crippen LogP contribution in [-0.4, -0.2) is 25.5 Å². The van der Waals surface area contributed by atoms with Crippen LogP contribution in [-0.2, 0) is 9.22 Å². The van der Waals surface area contributed by atoms with Crippen molar-refractivity contribution in [1.29, 1.82) is 0 Å². The van der Waals surface area contributed by atoms with E-state index in [9.17, 15) is 4.79 Å². The zero-order valence-electron chi connectivity index (χ0n) is 17.2. The molecule has 0 unspecified atom stereocenters. The average molecular weight is 367 g/mol. The van der Waals surface area contributed by atoms with Crippen LogP contribution < -0.4 is 0 Å². The molecule has 0 radical (unpaired) electrons. The van der Waals surface area contributed by atoms with Crippen molar-refractivity contribution >= 4 is 14.3 Å². The maximum atomic E-state index is 10.7. The van der Waals surface area contributed by atoms with Crippen molar-refractivity contribution in [2.75, 3.05) is 0 Å². The molecule has 4 heteroatoms. The third-order valence-electron chi connectivity index (χ3n) is 7.15. The molecule has 144 valence electrons. The highest BCUT2D eigenvalue weighted by Gasteiger charge is 2.51. The Morgan fingerprint density at radius 1 is 1.36 bits per heavy atom. The second-order valence-electron chi connectivity index (χ2n) is 9.89. The molecule has 0 amide bonds. The molecule has 2 rings (SSSR count). The quantitative estimate of drug-likeness (QED) is 0.348. The standard InChI is InChI=1S/C21H38O3Si/c1-20(2,3)25(5,6)24-18-11-9-15-21(4)16(13-14-17(18)21)10-7-8-12-19(22)23/h10,17-18H,7-9,11-15H2,1-6H3,(H,22,23)/b16-10-/t17-,18-,21+/m0/s1. The van der Waals surface area contributed by atoms with Gasteiger partial charge in [-0.1, -0.05) is 45.8 Å². The highest BCUT2D eigenvalue weighted by Crippen LogP contribution is 2.57. The first kappa shape index (κ1) is 20.7. The van der Waals surface area contributed by atoms with Crippen molar-refractivity contribution in [3.8, 4) is 0 Å². The van der Waals surface area contributed by atoms with Crippen LogP contribution in [0.5, 0.6) is 0 Å². The van der Waals surface area contributed by atoms with Crippen molar-refractivity contribution in [1.82, 2.24) is 0 Å². The van der Waals surface area contributed by atoms with Crippen molar-refractivity contribution in [2.24, 2.45) is 11.3 Å². The van der Waals surface area contributed by atoms with E-state index in [4.69, 9.17) is 9.53 Å². The highest BCUT2D eigenvalue weighted by molar-refractivity contribution is 6.74. The Hall–Kier alpha value is -0.613. The number of unbranched alkanes of at least 4 members (excludes halogenated alkanes) is 1. The largest absolute Gasteiger partial charge is 0.481 e. The smallest absolute Gasteiger partial charge is 0.303 e. The lowest BCUT2D eigenvalue weighted by Crippen LogP contribution is -2.49. The van der Waals surface area contributed by atoms with Gasteiger partial charge in [-0.25, -0.2) is 0 Å².